The summed E-state index contributed by atoms with van der Waals surface area (Å²) in [5, 5.41) is 11.0. The quantitative estimate of drug-likeness (QED) is 0.694. The highest BCUT2D eigenvalue weighted by Crippen LogP contribution is 2.42. The van der Waals surface area contributed by atoms with Gasteiger partial charge in [-0.1, -0.05) is 0 Å². The first-order valence-corrected chi connectivity index (χ1v) is 7.17. The summed E-state index contributed by atoms with van der Waals surface area (Å²) in [4.78, 5) is 24.5. The number of rotatable bonds is 3. The van der Waals surface area contributed by atoms with E-state index in [0.29, 0.717) is 23.5 Å². The molecule has 2 heterocycles. The number of fused-ring (bicyclic) bond motifs is 1. The van der Waals surface area contributed by atoms with Crippen LogP contribution in [0.4, 0.5) is 5.69 Å². The molecule has 0 amide bonds. The topological polar surface area (TPSA) is 94.5 Å². The maximum Gasteiger partial charge on any atom is 0.270 e. The third kappa shape index (κ3) is 3.18. The van der Waals surface area contributed by atoms with Crippen LogP contribution in [-0.4, -0.2) is 15.5 Å². The summed E-state index contributed by atoms with van der Waals surface area (Å²) in [6.45, 7) is 3.84. The predicted molar refractivity (Wildman–Crippen MR) is 82.9 cm³/mol. The number of pyridine rings is 1. The van der Waals surface area contributed by atoms with Gasteiger partial charge in [0.2, 0.25) is 0 Å². The van der Waals surface area contributed by atoms with Crippen molar-refractivity contribution in [3.8, 4) is 11.5 Å². The molecule has 1 aromatic carbocycles. The number of nitro benzene ring substituents is 1. The minimum atomic E-state index is -0.477. The second-order valence-corrected chi connectivity index (χ2v) is 6.04. The molecule has 1 unspecified atom stereocenters. The molecule has 1 atom stereocenters. The van der Waals surface area contributed by atoms with Gasteiger partial charge in [0.1, 0.15) is 23.2 Å². The molecule has 1 aromatic heterocycles. The first kappa shape index (κ1) is 15.1. The lowest BCUT2D eigenvalue weighted by Gasteiger charge is -2.37. The fourth-order valence-corrected chi connectivity index (χ4v) is 2.66. The minimum absolute atomic E-state index is 0.0217. The smallest absolute Gasteiger partial charge is 0.270 e. The summed E-state index contributed by atoms with van der Waals surface area (Å²) in [6, 6.07) is 7.44. The Morgan fingerprint density at radius 2 is 2.13 bits per heavy atom. The van der Waals surface area contributed by atoms with Gasteiger partial charge in [0.25, 0.3) is 11.2 Å². The number of aromatic nitrogens is 1. The van der Waals surface area contributed by atoms with E-state index in [9.17, 15) is 14.9 Å². The van der Waals surface area contributed by atoms with Crippen LogP contribution in [0.25, 0.3) is 0 Å². The molecule has 0 spiro atoms. The Bertz CT molecular complexity index is 812. The lowest BCUT2D eigenvalue weighted by molar-refractivity contribution is -0.385. The van der Waals surface area contributed by atoms with Gasteiger partial charge < -0.3 is 14.5 Å². The second kappa shape index (κ2) is 5.42. The number of hydrogen-bond acceptors (Lipinski definition) is 5. The zero-order valence-corrected chi connectivity index (χ0v) is 12.7. The molecule has 7 heteroatoms. The number of nitrogens with zero attached hydrogens (tertiary/aromatic N) is 1. The second-order valence-electron chi connectivity index (χ2n) is 6.04. The molecule has 2 aromatic rings. The molecule has 0 saturated carbocycles. The van der Waals surface area contributed by atoms with Crippen LogP contribution in [0.1, 0.15) is 31.9 Å². The number of aromatic amines is 1. The molecular weight excluding hydrogens is 300 g/mol. The highest BCUT2D eigenvalue weighted by Gasteiger charge is 2.36. The summed E-state index contributed by atoms with van der Waals surface area (Å²) >= 11 is 0. The SMILES string of the molecule is CC1(C)CC(Oc2cc[nH]c(=O)c2)c2cc([N+](=O)[O-])ccc2O1. The Morgan fingerprint density at radius 3 is 2.83 bits per heavy atom. The number of non-ortho nitro benzene ring substituents is 1. The van der Waals surface area contributed by atoms with Crippen LogP contribution in [0.3, 0.4) is 0 Å². The van der Waals surface area contributed by atoms with Gasteiger partial charge in [0, 0.05) is 36.4 Å². The van der Waals surface area contributed by atoms with Crippen molar-refractivity contribution in [1.82, 2.24) is 4.98 Å². The van der Waals surface area contributed by atoms with Crippen molar-refractivity contribution in [3.05, 3.63) is 62.6 Å². The van der Waals surface area contributed by atoms with Crippen LogP contribution >= 0.6 is 0 Å². The van der Waals surface area contributed by atoms with E-state index in [4.69, 9.17) is 9.47 Å². The molecule has 1 N–H and O–H groups in total. The number of benzene rings is 1. The number of ether oxygens (including phenoxy) is 2. The molecule has 7 nitrogen and oxygen atoms in total. The molecule has 0 fully saturated rings. The van der Waals surface area contributed by atoms with Crippen molar-refractivity contribution in [2.24, 2.45) is 0 Å². The molecule has 1 aliphatic heterocycles. The predicted octanol–water partition coefficient (Wildman–Crippen LogP) is 2.96. The molecule has 120 valence electrons. The summed E-state index contributed by atoms with van der Waals surface area (Å²) in [5.74, 6) is 0.968. The van der Waals surface area contributed by atoms with E-state index in [1.165, 1.54) is 24.4 Å². The van der Waals surface area contributed by atoms with Crippen LogP contribution in [0.2, 0.25) is 0 Å². The lowest BCUT2D eigenvalue weighted by Crippen LogP contribution is -2.36. The van der Waals surface area contributed by atoms with Gasteiger partial charge in [-0.25, -0.2) is 0 Å². The van der Waals surface area contributed by atoms with E-state index in [1.54, 1.807) is 12.1 Å². The normalized spacial score (nSPS) is 18.6. The maximum atomic E-state index is 11.4. The number of hydrogen-bond donors (Lipinski definition) is 1. The summed E-state index contributed by atoms with van der Waals surface area (Å²) in [5.41, 5.74) is -0.159. The van der Waals surface area contributed by atoms with Gasteiger partial charge in [-0.05, 0) is 26.0 Å². The third-order valence-corrected chi connectivity index (χ3v) is 3.64. The number of nitro groups is 1. The van der Waals surface area contributed by atoms with Gasteiger partial charge in [0.15, 0.2) is 0 Å². The first-order chi connectivity index (χ1) is 10.8. The van der Waals surface area contributed by atoms with E-state index in [1.807, 2.05) is 13.8 Å². The summed E-state index contributed by atoms with van der Waals surface area (Å²) in [7, 11) is 0. The molecule has 23 heavy (non-hydrogen) atoms. The molecule has 0 aliphatic carbocycles. The van der Waals surface area contributed by atoms with Gasteiger partial charge in [-0.2, -0.15) is 0 Å². The number of H-pyrrole nitrogens is 1. The lowest BCUT2D eigenvalue weighted by atomic mass is 9.91. The Balaban J connectivity index is 2.01. The molecule has 3 rings (SSSR count). The zero-order chi connectivity index (χ0) is 16.6. The van der Waals surface area contributed by atoms with Gasteiger partial charge in [-0.3, -0.25) is 14.9 Å². The third-order valence-electron chi connectivity index (χ3n) is 3.64. The van der Waals surface area contributed by atoms with Gasteiger partial charge >= 0.3 is 0 Å². The van der Waals surface area contributed by atoms with Crippen LogP contribution < -0.4 is 15.0 Å². The zero-order valence-electron chi connectivity index (χ0n) is 12.7. The van der Waals surface area contributed by atoms with Crippen molar-refractivity contribution in [1.29, 1.82) is 0 Å². The van der Waals surface area contributed by atoms with Crippen molar-refractivity contribution in [3.63, 3.8) is 0 Å². The van der Waals surface area contributed by atoms with Crippen molar-refractivity contribution in [2.45, 2.75) is 32.0 Å². The molecule has 1 aliphatic rings. The van der Waals surface area contributed by atoms with Gasteiger partial charge in [0.05, 0.1) is 4.92 Å². The fourth-order valence-electron chi connectivity index (χ4n) is 2.66. The highest BCUT2D eigenvalue weighted by molar-refractivity contribution is 5.47. The van der Waals surface area contributed by atoms with Crippen LogP contribution in [0.15, 0.2) is 41.3 Å². The van der Waals surface area contributed by atoms with Crippen LogP contribution in [-0.2, 0) is 0 Å². The Labute approximate surface area is 132 Å². The minimum Gasteiger partial charge on any atom is -0.487 e. The van der Waals surface area contributed by atoms with E-state index in [0.717, 1.165) is 0 Å². The maximum absolute atomic E-state index is 11.4. The first-order valence-electron chi connectivity index (χ1n) is 7.17. The molecule has 0 radical (unpaired) electrons. The monoisotopic (exact) mass is 316 g/mol. The molecule has 0 bridgehead atoms. The summed E-state index contributed by atoms with van der Waals surface area (Å²) in [6.07, 6.45) is 1.57. The standard InChI is InChI=1S/C16H16N2O5/c1-16(2)9-14(22-11-5-6-17-15(19)8-11)12-7-10(18(20)21)3-4-13(12)23-16/h3-8,14H,9H2,1-2H3,(H,17,19). The average Bonchev–Trinajstić information content (AvgIpc) is 2.45. The Kier molecular flexibility index (Phi) is 3.55. The summed E-state index contributed by atoms with van der Waals surface area (Å²) < 4.78 is 11.8. The fraction of sp³-hybridized carbons (Fsp3) is 0.312. The van der Waals surface area contributed by atoms with Crippen molar-refractivity contribution in [2.75, 3.05) is 0 Å². The van der Waals surface area contributed by atoms with Gasteiger partial charge in [-0.15, -0.1) is 0 Å². The van der Waals surface area contributed by atoms with E-state index in [-0.39, 0.29) is 11.2 Å². The Morgan fingerprint density at radius 1 is 1.35 bits per heavy atom. The Hall–Kier alpha value is -2.83. The van der Waals surface area contributed by atoms with Crippen LogP contribution in [0, 0.1) is 10.1 Å². The molecule has 0 saturated heterocycles. The average molecular weight is 316 g/mol. The molecular formula is C16H16N2O5. The van der Waals surface area contributed by atoms with E-state index < -0.39 is 16.6 Å². The highest BCUT2D eigenvalue weighted by atomic mass is 16.6. The van der Waals surface area contributed by atoms with E-state index in [2.05, 4.69) is 4.98 Å². The van der Waals surface area contributed by atoms with Crippen molar-refractivity contribution < 1.29 is 14.4 Å². The number of nitrogens with one attached hydrogen (secondary N) is 1. The van der Waals surface area contributed by atoms with E-state index >= 15 is 0 Å². The van der Waals surface area contributed by atoms with Crippen molar-refractivity contribution >= 4 is 5.69 Å². The largest absolute Gasteiger partial charge is 0.487 e. The van der Waals surface area contributed by atoms with Crippen LogP contribution in [0.5, 0.6) is 11.5 Å².